The predicted octanol–water partition coefficient (Wildman–Crippen LogP) is 2.15. The first-order valence-electron chi connectivity index (χ1n) is 6.31. The van der Waals surface area contributed by atoms with Crippen LogP contribution in [0.15, 0.2) is 22.1 Å². The number of esters is 1. The molecule has 0 bridgehead atoms. The molecule has 128 valence electrons. The van der Waals surface area contributed by atoms with Crippen LogP contribution in [0.3, 0.4) is 0 Å². The van der Waals surface area contributed by atoms with E-state index in [1.165, 1.54) is 17.6 Å². The molecule has 2 aromatic rings. The molecule has 0 aliphatic carbocycles. The van der Waals surface area contributed by atoms with Crippen LogP contribution in [-0.2, 0) is 17.8 Å². The summed E-state index contributed by atoms with van der Waals surface area (Å²) in [6, 6.07) is 1.58. The first kappa shape index (κ1) is 21.4. The van der Waals surface area contributed by atoms with Gasteiger partial charge in [-0.3, -0.25) is 4.79 Å². The number of carbonyl (C=O) groups excluding carboxylic acids is 2. The van der Waals surface area contributed by atoms with Crippen LogP contribution >= 0.6 is 36.2 Å². The minimum absolute atomic E-state index is 0. The summed E-state index contributed by atoms with van der Waals surface area (Å²) in [5, 5.41) is 4.91. The second-order valence-corrected chi connectivity index (χ2v) is 4.98. The van der Waals surface area contributed by atoms with E-state index in [1.54, 1.807) is 18.4 Å². The Kier molecular flexibility index (Phi) is 9.50. The van der Waals surface area contributed by atoms with Crippen LogP contribution in [0.4, 0.5) is 0 Å². The molecule has 10 heteroatoms. The summed E-state index contributed by atoms with van der Waals surface area (Å²) in [6.45, 7) is 2.49. The van der Waals surface area contributed by atoms with E-state index in [0.717, 1.165) is 0 Å². The number of ether oxygens (including phenoxy) is 1. The molecular formula is C13H17Cl2N3O4S. The van der Waals surface area contributed by atoms with Gasteiger partial charge in [0.2, 0.25) is 0 Å². The second kappa shape index (κ2) is 10.2. The van der Waals surface area contributed by atoms with Gasteiger partial charge < -0.3 is 20.2 Å². The molecule has 0 unspecified atom stereocenters. The zero-order chi connectivity index (χ0) is 15.2. The Balaban J connectivity index is 0.00000242. The highest BCUT2D eigenvalue weighted by atomic mass is 35.5. The van der Waals surface area contributed by atoms with E-state index in [1.807, 2.05) is 0 Å². The van der Waals surface area contributed by atoms with E-state index in [-0.39, 0.29) is 49.5 Å². The summed E-state index contributed by atoms with van der Waals surface area (Å²) in [4.78, 5) is 27.4. The van der Waals surface area contributed by atoms with E-state index in [9.17, 15) is 9.59 Å². The van der Waals surface area contributed by atoms with Crippen molar-refractivity contribution in [3.05, 3.63) is 39.7 Å². The summed E-state index contributed by atoms with van der Waals surface area (Å²) < 4.78 is 9.93. The molecule has 0 saturated carbocycles. The molecule has 0 aliphatic heterocycles. The van der Waals surface area contributed by atoms with Crippen molar-refractivity contribution in [2.75, 3.05) is 6.61 Å². The Labute approximate surface area is 149 Å². The van der Waals surface area contributed by atoms with Crippen molar-refractivity contribution in [1.82, 2.24) is 10.3 Å². The Bertz CT molecular complexity index is 645. The summed E-state index contributed by atoms with van der Waals surface area (Å²) in [6.07, 6.45) is 1.35. The van der Waals surface area contributed by atoms with Crippen molar-refractivity contribution in [3.63, 3.8) is 0 Å². The maximum atomic E-state index is 11.9. The molecule has 0 aliphatic rings. The third-order valence-electron chi connectivity index (χ3n) is 2.55. The summed E-state index contributed by atoms with van der Waals surface area (Å²) in [7, 11) is 0. The van der Waals surface area contributed by atoms with Crippen LogP contribution in [-0.4, -0.2) is 23.5 Å². The quantitative estimate of drug-likeness (QED) is 0.742. The van der Waals surface area contributed by atoms with E-state index in [0.29, 0.717) is 22.9 Å². The van der Waals surface area contributed by atoms with Crippen LogP contribution in [0.5, 0.6) is 0 Å². The lowest BCUT2D eigenvalue weighted by atomic mass is 10.3. The largest absolute Gasteiger partial charge is 0.467 e. The number of amides is 1. The number of hydrogen-bond donors (Lipinski definition) is 2. The monoisotopic (exact) mass is 381 g/mol. The van der Waals surface area contributed by atoms with Gasteiger partial charge in [-0.2, -0.15) is 0 Å². The fraction of sp³-hybridized carbons (Fsp3) is 0.308. The van der Waals surface area contributed by atoms with Crippen molar-refractivity contribution >= 4 is 48.0 Å². The molecule has 7 nitrogen and oxygen atoms in total. The number of carbonyl (C=O) groups is 2. The van der Waals surface area contributed by atoms with Crippen molar-refractivity contribution < 1.29 is 18.7 Å². The number of hydrogen-bond acceptors (Lipinski definition) is 7. The highest BCUT2D eigenvalue weighted by Gasteiger charge is 2.13. The Hall–Kier alpha value is -1.61. The zero-order valence-electron chi connectivity index (χ0n) is 12.2. The third-order valence-corrected chi connectivity index (χ3v) is 3.40. The van der Waals surface area contributed by atoms with Crippen LogP contribution in [0.1, 0.15) is 38.5 Å². The fourth-order valence-electron chi connectivity index (χ4n) is 1.56. The van der Waals surface area contributed by atoms with Gasteiger partial charge in [0, 0.05) is 5.38 Å². The normalized spacial score (nSPS) is 9.48. The van der Waals surface area contributed by atoms with Gasteiger partial charge in [-0.05, 0) is 13.0 Å². The van der Waals surface area contributed by atoms with Gasteiger partial charge in [0.05, 0.1) is 25.3 Å². The lowest BCUT2D eigenvalue weighted by Crippen LogP contribution is -2.22. The molecule has 0 saturated heterocycles. The standard InChI is InChI=1S/C13H15N3O4S.2ClH/c1-2-19-13(18)10-7-21-11(16-10)5-15-12(17)8-3-9(4-14)20-6-8;;/h3,6-7H,2,4-5,14H2,1H3,(H,15,17);2*1H. The topological polar surface area (TPSA) is 107 Å². The molecule has 2 aromatic heterocycles. The van der Waals surface area contributed by atoms with Crippen molar-refractivity contribution in [2.24, 2.45) is 5.73 Å². The number of thiazole rings is 1. The predicted molar refractivity (Wildman–Crippen MR) is 90.3 cm³/mol. The molecule has 2 heterocycles. The van der Waals surface area contributed by atoms with Gasteiger partial charge in [-0.1, -0.05) is 0 Å². The van der Waals surface area contributed by atoms with Crippen LogP contribution in [0, 0.1) is 0 Å². The molecule has 0 aromatic carbocycles. The number of furan rings is 1. The number of nitrogens with two attached hydrogens (primary N) is 1. The Morgan fingerprint density at radius 3 is 2.78 bits per heavy atom. The van der Waals surface area contributed by atoms with Gasteiger partial charge in [0.25, 0.3) is 5.91 Å². The number of aromatic nitrogens is 1. The van der Waals surface area contributed by atoms with Gasteiger partial charge in [-0.15, -0.1) is 36.2 Å². The average molecular weight is 382 g/mol. The van der Waals surface area contributed by atoms with Crippen molar-refractivity contribution in [3.8, 4) is 0 Å². The molecule has 2 rings (SSSR count). The lowest BCUT2D eigenvalue weighted by Gasteiger charge is -2.00. The molecule has 23 heavy (non-hydrogen) atoms. The van der Waals surface area contributed by atoms with Gasteiger partial charge >= 0.3 is 5.97 Å². The van der Waals surface area contributed by atoms with Crippen molar-refractivity contribution in [1.29, 1.82) is 0 Å². The van der Waals surface area contributed by atoms with Gasteiger partial charge in [0.15, 0.2) is 5.69 Å². The first-order valence-corrected chi connectivity index (χ1v) is 7.19. The Morgan fingerprint density at radius 2 is 2.17 bits per heavy atom. The van der Waals surface area contributed by atoms with E-state index >= 15 is 0 Å². The smallest absolute Gasteiger partial charge is 0.357 e. The minimum Gasteiger partial charge on any atom is -0.467 e. The summed E-state index contributed by atoms with van der Waals surface area (Å²) in [5.41, 5.74) is 6.06. The molecule has 0 fully saturated rings. The molecule has 3 N–H and O–H groups in total. The lowest BCUT2D eigenvalue weighted by molar-refractivity contribution is 0.0520. The van der Waals surface area contributed by atoms with Gasteiger partial charge in [0.1, 0.15) is 17.0 Å². The van der Waals surface area contributed by atoms with Crippen LogP contribution in [0.2, 0.25) is 0 Å². The zero-order valence-corrected chi connectivity index (χ0v) is 14.7. The first-order chi connectivity index (χ1) is 10.1. The molecular weight excluding hydrogens is 365 g/mol. The van der Waals surface area contributed by atoms with E-state index in [2.05, 4.69) is 10.3 Å². The van der Waals surface area contributed by atoms with Crippen LogP contribution in [0.25, 0.3) is 0 Å². The minimum atomic E-state index is -0.464. The highest BCUT2D eigenvalue weighted by molar-refractivity contribution is 7.09. The maximum Gasteiger partial charge on any atom is 0.357 e. The third kappa shape index (κ3) is 5.83. The van der Waals surface area contributed by atoms with Crippen LogP contribution < -0.4 is 11.1 Å². The van der Waals surface area contributed by atoms with E-state index in [4.69, 9.17) is 14.9 Å². The molecule has 0 radical (unpaired) electrons. The maximum absolute atomic E-state index is 11.9. The average Bonchev–Trinajstić information content (AvgIpc) is 3.14. The molecule has 0 spiro atoms. The second-order valence-electron chi connectivity index (χ2n) is 4.04. The number of nitrogens with one attached hydrogen (secondary N) is 1. The highest BCUT2D eigenvalue weighted by Crippen LogP contribution is 2.12. The Morgan fingerprint density at radius 1 is 1.43 bits per heavy atom. The van der Waals surface area contributed by atoms with E-state index < -0.39 is 5.97 Å². The summed E-state index contributed by atoms with van der Waals surface area (Å²) >= 11 is 1.28. The van der Waals surface area contributed by atoms with Crippen molar-refractivity contribution in [2.45, 2.75) is 20.0 Å². The number of rotatable bonds is 6. The molecule has 0 atom stereocenters. The number of halogens is 2. The van der Waals surface area contributed by atoms with Gasteiger partial charge in [-0.25, -0.2) is 9.78 Å². The SMILES string of the molecule is CCOC(=O)c1csc(CNC(=O)c2coc(CN)c2)n1.Cl.Cl. The fourth-order valence-corrected chi connectivity index (χ4v) is 2.26. The summed E-state index contributed by atoms with van der Waals surface area (Å²) in [5.74, 6) is -0.209. The molecule has 1 amide bonds. The number of nitrogens with zero attached hydrogens (tertiary/aromatic N) is 1.